The van der Waals surface area contributed by atoms with E-state index in [1.165, 1.54) is 0 Å². The lowest BCUT2D eigenvalue weighted by atomic mass is 9.81. The summed E-state index contributed by atoms with van der Waals surface area (Å²) >= 11 is 0. The van der Waals surface area contributed by atoms with Crippen molar-refractivity contribution in [1.82, 2.24) is 15.5 Å². The number of fused-ring (bicyclic) bond motifs is 1. The van der Waals surface area contributed by atoms with Crippen LogP contribution < -0.4 is 10.6 Å². The van der Waals surface area contributed by atoms with Gasteiger partial charge < -0.3 is 10.4 Å². The molecule has 22 heavy (non-hydrogen) atoms. The third-order valence-corrected chi connectivity index (χ3v) is 4.52. The van der Waals surface area contributed by atoms with Crippen LogP contribution in [0.15, 0.2) is 0 Å². The Labute approximate surface area is 136 Å². The average Bonchev–Trinajstić information content (AvgIpc) is 2.93. The average molecular weight is 334 g/mol. The summed E-state index contributed by atoms with van der Waals surface area (Å²) < 4.78 is 0. The zero-order valence-electron chi connectivity index (χ0n) is 12.8. The first-order valence-corrected chi connectivity index (χ1v) is 7.51. The minimum atomic E-state index is -0.756. The van der Waals surface area contributed by atoms with E-state index in [0.29, 0.717) is 26.1 Å². The monoisotopic (exact) mass is 333 g/mol. The van der Waals surface area contributed by atoms with Crippen LogP contribution in [0, 0.1) is 11.3 Å². The number of amides is 3. The first-order chi connectivity index (χ1) is 9.98. The normalized spacial score (nSPS) is 26.9. The molecule has 126 valence electrons. The molecule has 0 bridgehead atoms. The maximum absolute atomic E-state index is 11.8. The van der Waals surface area contributed by atoms with Crippen molar-refractivity contribution in [2.75, 3.05) is 26.2 Å². The fraction of sp³-hybridized carbons (Fsp3) is 0.786. The fourth-order valence-corrected chi connectivity index (χ4v) is 3.52. The van der Waals surface area contributed by atoms with E-state index in [-0.39, 0.29) is 30.8 Å². The number of hydrogen-bond acceptors (Lipinski definition) is 4. The Bertz CT molecular complexity index is 446. The van der Waals surface area contributed by atoms with E-state index in [1.54, 1.807) is 0 Å². The van der Waals surface area contributed by atoms with E-state index in [9.17, 15) is 19.5 Å². The van der Waals surface area contributed by atoms with Crippen molar-refractivity contribution in [2.24, 2.45) is 11.3 Å². The number of imide groups is 1. The number of carbonyl (C=O) groups is 3. The van der Waals surface area contributed by atoms with Crippen molar-refractivity contribution >= 4 is 30.3 Å². The van der Waals surface area contributed by atoms with Gasteiger partial charge in [-0.15, -0.1) is 12.4 Å². The van der Waals surface area contributed by atoms with Gasteiger partial charge in [0.25, 0.3) is 0 Å². The zero-order chi connectivity index (χ0) is 15.5. The summed E-state index contributed by atoms with van der Waals surface area (Å²) in [5.41, 5.74) is -0.690. The van der Waals surface area contributed by atoms with Crippen molar-refractivity contribution < 1.29 is 19.5 Å². The highest BCUT2D eigenvalue weighted by Gasteiger charge is 2.54. The second kappa shape index (κ2) is 7.78. The Hall–Kier alpha value is -1.34. The van der Waals surface area contributed by atoms with Crippen LogP contribution in [-0.2, 0) is 9.59 Å². The number of halogens is 1. The van der Waals surface area contributed by atoms with Crippen LogP contribution in [0.3, 0.4) is 0 Å². The molecule has 0 aromatic rings. The van der Waals surface area contributed by atoms with Gasteiger partial charge in [0, 0.05) is 19.6 Å². The smallest absolute Gasteiger partial charge is 0.321 e. The Balaban J connectivity index is 0.00000242. The molecule has 1 saturated heterocycles. The van der Waals surface area contributed by atoms with Crippen LogP contribution in [0.25, 0.3) is 0 Å². The van der Waals surface area contributed by atoms with Crippen LogP contribution in [-0.4, -0.2) is 54.1 Å². The van der Waals surface area contributed by atoms with Crippen LogP contribution >= 0.6 is 12.4 Å². The van der Waals surface area contributed by atoms with Gasteiger partial charge in [0.1, 0.15) is 0 Å². The minimum absolute atomic E-state index is 0. The molecule has 2 aliphatic rings. The maximum atomic E-state index is 11.8. The molecule has 0 spiro atoms. The number of hydrogen-bond donors (Lipinski definition) is 3. The quantitative estimate of drug-likeness (QED) is 0.692. The molecule has 2 rings (SSSR count). The van der Waals surface area contributed by atoms with Gasteiger partial charge in [0.2, 0.25) is 5.91 Å². The molecule has 1 aliphatic carbocycles. The van der Waals surface area contributed by atoms with E-state index in [0.717, 1.165) is 19.3 Å². The molecule has 0 aromatic carbocycles. The molecule has 0 radical (unpaired) electrons. The van der Waals surface area contributed by atoms with Gasteiger partial charge in [-0.05, 0) is 25.2 Å². The molecule has 1 aliphatic heterocycles. The van der Waals surface area contributed by atoms with Crippen LogP contribution in [0.2, 0.25) is 0 Å². The number of nitrogens with one attached hydrogen (secondary N) is 2. The van der Waals surface area contributed by atoms with Gasteiger partial charge in [-0.3, -0.25) is 19.8 Å². The predicted octanol–water partition coefficient (Wildman–Crippen LogP) is 0.831. The van der Waals surface area contributed by atoms with Crippen LogP contribution in [0.4, 0.5) is 4.79 Å². The van der Waals surface area contributed by atoms with Gasteiger partial charge in [-0.1, -0.05) is 13.3 Å². The van der Waals surface area contributed by atoms with E-state index < -0.39 is 17.4 Å². The van der Waals surface area contributed by atoms with Crippen molar-refractivity contribution in [2.45, 2.75) is 32.6 Å². The predicted molar refractivity (Wildman–Crippen MR) is 82.9 cm³/mol. The number of carboxylic acid groups (broad SMARTS) is 1. The number of carbonyl (C=O) groups excluding carboxylic acids is 2. The Morgan fingerprint density at radius 3 is 2.68 bits per heavy atom. The molecular weight excluding hydrogens is 310 g/mol. The highest BCUT2D eigenvalue weighted by molar-refractivity contribution is 5.95. The molecule has 0 aromatic heterocycles. The first-order valence-electron chi connectivity index (χ1n) is 7.51. The standard InChI is InChI=1S/C14H23N3O4.ClH/c1-2-6-15-13(21)16-11(18)8-17-7-10-4-3-5-14(10,9-17)12(19)20;/h10H,2-9H2,1H3,(H,19,20)(H2,15,16,18,21);1H/t10-,14+;/m0./s1. The third-order valence-electron chi connectivity index (χ3n) is 4.52. The summed E-state index contributed by atoms with van der Waals surface area (Å²) in [6.45, 7) is 3.54. The van der Waals surface area contributed by atoms with E-state index in [1.807, 2.05) is 11.8 Å². The lowest BCUT2D eigenvalue weighted by Crippen LogP contribution is -2.45. The van der Waals surface area contributed by atoms with Gasteiger partial charge in [-0.25, -0.2) is 4.79 Å². The Morgan fingerprint density at radius 1 is 1.36 bits per heavy atom. The van der Waals surface area contributed by atoms with Gasteiger partial charge in [-0.2, -0.15) is 0 Å². The highest BCUT2D eigenvalue weighted by Crippen LogP contribution is 2.48. The number of urea groups is 1. The SMILES string of the molecule is CCCNC(=O)NC(=O)CN1C[C@@H]2CCC[C@@]2(C(=O)O)C1.Cl. The summed E-state index contributed by atoms with van der Waals surface area (Å²) in [7, 11) is 0. The second-order valence-electron chi connectivity index (χ2n) is 6.02. The van der Waals surface area contributed by atoms with E-state index >= 15 is 0 Å². The Kier molecular flexibility index (Phi) is 6.62. The van der Waals surface area contributed by atoms with Crippen LogP contribution in [0.5, 0.6) is 0 Å². The number of rotatable bonds is 5. The molecule has 3 N–H and O–H groups in total. The minimum Gasteiger partial charge on any atom is -0.481 e. The number of likely N-dealkylation sites (tertiary alicyclic amines) is 1. The molecule has 8 heteroatoms. The van der Waals surface area contributed by atoms with E-state index in [2.05, 4.69) is 10.6 Å². The first kappa shape index (κ1) is 18.7. The molecule has 1 heterocycles. The molecule has 2 atom stereocenters. The van der Waals surface area contributed by atoms with Crippen LogP contribution in [0.1, 0.15) is 32.6 Å². The summed E-state index contributed by atoms with van der Waals surface area (Å²) in [4.78, 5) is 36.6. The molecule has 3 amide bonds. The number of aliphatic carboxylic acids is 1. The zero-order valence-corrected chi connectivity index (χ0v) is 13.6. The third kappa shape index (κ3) is 3.89. The summed E-state index contributed by atoms with van der Waals surface area (Å²) in [5.74, 6) is -1.02. The highest BCUT2D eigenvalue weighted by atomic mass is 35.5. The second-order valence-corrected chi connectivity index (χ2v) is 6.02. The molecular formula is C14H24ClN3O4. The van der Waals surface area contributed by atoms with Crippen molar-refractivity contribution in [3.63, 3.8) is 0 Å². The topological polar surface area (TPSA) is 98.7 Å². The molecule has 7 nitrogen and oxygen atoms in total. The summed E-state index contributed by atoms with van der Waals surface area (Å²) in [5, 5.41) is 14.3. The molecule has 0 unspecified atom stereocenters. The van der Waals surface area contributed by atoms with Gasteiger partial charge >= 0.3 is 12.0 Å². The van der Waals surface area contributed by atoms with E-state index in [4.69, 9.17) is 0 Å². The molecule has 2 fully saturated rings. The number of carboxylic acids is 1. The lowest BCUT2D eigenvalue weighted by Gasteiger charge is -2.23. The summed E-state index contributed by atoms with van der Waals surface area (Å²) in [6.07, 6.45) is 3.33. The Morgan fingerprint density at radius 2 is 2.09 bits per heavy atom. The number of nitrogens with zero attached hydrogens (tertiary/aromatic N) is 1. The van der Waals surface area contributed by atoms with Crippen molar-refractivity contribution in [3.8, 4) is 0 Å². The molecule has 1 saturated carbocycles. The van der Waals surface area contributed by atoms with Crippen molar-refractivity contribution in [3.05, 3.63) is 0 Å². The fourth-order valence-electron chi connectivity index (χ4n) is 3.52. The van der Waals surface area contributed by atoms with Crippen molar-refractivity contribution in [1.29, 1.82) is 0 Å². The lowest BCUT2D eigenvalue weighted by molar-refractivity contribution is -0.149. The summed E-state index contributed by atoms with van der Waals surface area (Å²) in [6, 6.07) is -0.491. The maximum Gasteiger partial charge on any atom is 0.321 e. The van der Waals surface area contributed by atoms with Gasteiger partial charge in [0.15, 0.2) is 0 Å². The van der Waals surface area contributed by atoms with Gasteiger partial charge in [0.05, 0.1) is 12.0 Å². The largest absolute Gasteiger partial charge is 0.481 e.